The Morgan fingerprint density at radius 2 is 0.822 bits per heavy atom. The molecule has 0 aliphatic carbocycles. The number of H-pyrrole nitrogens is 3. The van der Waals surface area contributed by atoms with Gasteiger partial charge in [-0.3, -0.25) is 4.79 Å². The normalized spacial score (nSPS) is 11.4. The van der Waals surface area contributed by atoms with E-state index in [9.17, 15) is 23.1 Å². The van der Waals surface area contributed by atoms with Crippen molar-refractivity contribution in [1.29, 1.82) is 0 Å². The zero-order valence-corrected chi connectivity index (χ0v) is 65.3. The summed E-state index contributed by atoms with van der Waals surface area (Å²) in [5, 5.41) is 24.4. The van der Waals surface area contributed by atoms with Crippen molar-refractivity contribution in [2.45, 2.75) is 148 Å². The standard InChI is InChI=1S/C20H16ClFN4O.C20H16ClFN4.C12H9BrClFN2.2C9H22Si.C8H6N2O/c21-16-6-2-1-4-12(16)10-24-17-8-7-14(19(22)26-17)18(27)15-11-25-20-13(15)5-3-9-23-20;21-17-6-2-1-4-14(17)11-24-18-8-7-13(19(22)26-18)10-15-12-25-20-16(15)5-3-9-23-20;13-9-5-6-11(17-12(9)15)16-7-8-3-1-2-4-10(8)14;2*1-7(2)10(8(3)4)9(5)6;11-5-6-4-10-8-7(6)2-1-3-9-8/h1-9,11,18,27H,10H2,(H,23,25)(H,24,26);1-9,12H,10-11H2,(H,23,25)(H,24,26);1-6H,7H2,(H,16,17);2*7-10H,1-6H3;1-5H,(H,9,10). The number of aliphatic hydroxyl groups is 1. The van der Waals surface area contributed by atoms with Gasteiger partial charge in [0.1, 0.15) is 40.5 Å². The first-order valence-electron chi connectivity index (χ1n) is 33.8. The topological polar surface area (TPSA) is 198 Å². The van der Waals surface area contributed by atoms with Crippen molar-refractivity contribution in [1.82, 2.24) is 44.9 Å². The number of nitrogens with zero attached hydrogens (tertiary/aromatic N) is 6. The number of aromatic amines is 3. The monoisotopic (exact) mass is 1520 g/mol. The molecule has 0 fully saturated rings. The summed E-state index contributed by atoms with van der Waals surface area (Å²) in [5.74, 6) is -0.423. The van der Waals surface area contributed by atoms with Gasteiger partial charge in [-0.2, -0.15) is 13.2 Å². The number of rotatable bonds is 20. The van der Waals surface area contributed by atoms with E-state index < -0.39 is 41.5 Å². The summed E-state index contributed by atoms with van der Waals surface area (Å²) in [6.07, 6.45) is 10.3. The molecule has 14 nitrogen and oxygen atoms in total. The van der Waals surface area contributed by atoms with Crippen LogP contribution in [-0.2, 0) is 26.1 Å². The molecule has 9 aromatic heterocycles. The molecule has 0 radical (unpaired) electrons. The van der Waals surface area contributed by atoms with Crippen LogP contribution in [0.25, 0.3) is 33.1 Å². The zero-order chi connectivity index (χ0) is 73.3. The second-order valence-corrected chi connectivity index (χ2v) is 38.7. The number of hydrogen-bond acceptors (Lipinski definition) is 11. The van der Waals surface area contributed by atoms with Crippen molar-refractivity contribution < 1.29 is 23.1 Å². The number of benzene rings is 3. The van der Waals surface area contributed by atoms with Gasteiger partial charge in [-0.25, -0.2) is 29.9 Å². The quantitative estimate of drug-likeness (QED) is 0.0218. The number of aromatic nitrogens is 9. The molecule has 3 aromatic carbocycles. The summed E-state index contributed by atoms with van der Waals surface area (Å²) < 4.78 is 42.5. The summed E-state index contributed by atoms with van der Waals surface area (Å²) in [5.41, 5.74) is 13.6. The Balaban J connectivity index is 0.000000179. The van der Waals surface area contributed by atoms with Crippen LogP contribution in [0, 0.1) is 17.8 Å². The molecule has 12 rings (SSSR count). The van der Waals surface area contributed by atoms with Gasteiger partial charge < -0.3 is 36.0 Å². The number of aldehydes is 1. The Bertz CT molecular complexity index is 4490. The van der Waals surface area contributed by atoms with Gasteiger partial charge in [0.25, 0.3) is 0 Å². The molecular weight excluding hydrogens is 1440 g/mol. The summed E-state index contributed by atoms with van der Waals surface area (Å²) in [6, 6.07) is 43.5. The Morgan fingerprint density at radius 3 is 1.25 bits per heavy atom. The third kappa shape index (κ3) is 23.7. The number of aliphatic hydroxyl groups excluding tert-OH is 1. The first-order chi connectivity index (χ1) is 48.3. The molecule has 23 heteroatoms. The van der Waals surface area contributed by atoms with Gasteiger partial charge in [0, 0.05) is 134 Å². The van der Waals surface area contributed by atoms with Crippen molar-refractivity contribution in [3.05, 3.63) is 265 Å². The molecule has 0 spiro atoms. The summed E-state index contributed by atoms with van der Waals surface area (Å²) >= 11 is 21.3. The second kappa shape index (κ2) is 39.8. The number of pyridine rings is 6. The van der Waals surface area contributed by atoms with Crippen LogP contribution in [0.15, 0.2) is 187 Å². The molecule has 101 heavy (non-hydrogen) atoms. The van der Waals surface area contributed by atoms with Crippen LogP contribution in [0.4, 0.5) is 30.6 Å². The van der Waals surface area contributed by atoms with Gasteiger partial charge in [0.15, 0.2) is 6.29 Å². The maximum atomic E-state index is 14.5. The van der Waals surface area contributed by atoms with Crippen LogP contribution >= 0.6 is 50.7 Å². The Kier molecular flexibility index (Phi) is 31.6. The van der Waals surface area contributed by atoms with E-state index in [1.165, 1.54) is 6.07 Å². The zero-order valence-electron chi connectivity index (χ0n) is 59.1. The molecule has 0 saturated carbocycles. The first-order valence-corrected chi connectivity index (χ1v) is 39.7. The summed E-state index contributed by atoms with van der Waals surface area (Å²) in [4.78, 5) is 43.6. The summed E-state index contributed by atoms with van der Waals surface area (Å²) in [6.45, 7) is 30.0. The maximum absolute atomic E-state index is 14.5. The third-order valence-electron chi connectivity index (χ3n) is 17.1. The number of hydrogen-bond donors (Lipinski definition) is 7. The predicted octanol–water partition coefficient (Wildman–Crippen LogP) is 21.9. The minimum Gasteiger partial charge on any atom is -0.383 e. The third-order valence-corrected chi connectivity index (χ3v) is 28.0. The Hall–Kier alpha value is -8.22. The van der Waals surface area contributed by atoms with Gasteiger partial charge in [0.2, 0.25) is 17.8 Å². The molecule has 7 N–H and O–H groups in total. The number of carbonyl (C=O) groups is 1. The second-order valence-electron chi connectivity index (χ2n) is 26.3. The van der Waals surface area contributed by atoms with Gasteiger partial charge >= 0.3 is 0 Å². The lowest BCUT2D eigenvalue weighted by molar-refractivity contribution is 0.112. The largest absolute Gasteiger partial charge is 0.383 e. The Labute approximate surface area is 618 Å². The maximum Gasteiger partial charge on any atom is 0.229 e. The van der Waals surface area contributed by atoms with E-state index in [1.54, 1.807) is 73.4 Å². The van der Waals surface area contributed by atoms with Gasteiger partial charge in [-0.15, -0.1) is 0 Å². The minimum atomic E-state index is -1.15. The van der Waals surface area contributed by atoms with Crippen molar-refractivity contribution in [3.8, 4) is 0 Å². The molecule has 1 atom stereocenters. The summed E-state index contributed by atoms with van der Waals surface area (Å²) in [7, 11) is -0.907. The van der Waals surface area contributed by atoms with Crippen LogP contribution in [0.5, 0.6) is 0 Å². The number of halogens is 7. The highest BCUT2D eigenvalue weighted by Crippen LogP contribution is 2.33. The fourth-order valence-corrected chi connectivity index (χ4v) is 22.9. The van der Waals surface area contributed by atoms with Crippen LogP contribution in [0.2, 0.25) is 48.3 Å². The van der Waals surface area contributed by atoms with Gasteiger partial charge in [-0.05, 0) is 123 Å². The molecule has 1 unspecified atom stereocenters. The molecule has 9 heterocycles. The van der Waals surface area contributed by atoms with Crippen molar-refractivity contribution >= 4 is 125 Å². The molecule has 0 bridgehead atoms. The fraction of sp³-hybridized carbons (Fsp3) is 0.295. The molecule has 532 valence electrons. The number of nitrogens with one attached hydrogen (secondary N) is 6. The lowest BCUT2D eigenvalue weighted by atomic mass is 10.0. The lowest BCUT2D eigenvalue weighted by Crippen LogP contribution is -2.24. The lowest BCUT2D eigenvalue weighted by Gasteiger charge is -2.26. The van der Waals surface area contributed by atoms with E-state index in [0.29, 0.717) is 85.4 Å². The fourth-order valence-electron chi connectivity index (χ4n) is 12.9. The van der Waals surface area contributed by atoms with Crippen molar-refractivity contribution in [2.75, 3.05) is 16.0 Å². The van der Waals surface area contributed by atoms with Crippen LogP contribution in [-0.4, -0.2) is 73.8 Å². The smallest absolute Gasteiger partial charge is 0.229 e. The van der Waals surface area contributed by atoms with E-state index in [2.05, 4.69) is 160 Å². The minimum absolute atomic E-state index is 0.100. The average Bonchev–Trinajstić information content (AvgIpc) is 1.71. The predicted molar refractivity (Wildman–Crippen MR) is 422 cm³/mol. The van der Waals surface area contributed by atoms with E-state index in [0.717, 1.165) is 89.2 Å². The molecule has 0 amide bonds. The highest BCUT2D eigenvalue weighted by molar-refractivity contribution is 9.10. The van der Waals surface area contributed by atoms with E-state index in [-0.39, 0.29) is 5.56 Å². The van der Waals surface area contributed by atoms with Crippen LogP contribution < -0.4 is 16.0 Å². The van der Waals surface area contributed by atoms with Crippen molar-refractivity contribution in [2.24, 2.45) is 0 Å². The van der Waals surface area contributed by atoms with Crippen molar-refractivity contribution in [3.63, 3.8) is 0 Å². The number of carbonyl (C=O) groups excluding carboxylic acids is 1. The molecule has 0 aliphatic rings. The van der Waals surface area contributed by atoms with Gasteiger partial charge in [-0.1, -0.05) is 212 Å². The van der Waals surface area contributed by atoms with Gasteiger partial charge in [0.05, 0.1) is 4.47 Å². The van der Waals surface area contributed by atoms with E-state index in [4.69, 9.17) is 34.8 Å². The highest BCUT2D eigenvalue weighted by Gasteiger charge is 2.24. The number of anilines is 3. The number of fused-ring (bicyclic) bond motifs is 3. The van der Waals surface area contributed by atoms with Crippen LogP contribution in [0.3, 0.4) is 0 Å². The SMILES string of the molecule is CC(C)[SiH](C(C)C)C(C)C.CC(C)[SiH](C(C)C)C(C)C.Fc1nc(NCc2ccccc2Cl)ccc1Br.Fc1nc(NCc2ccccc2Cl)ccc1Cc1c[nH]c2ncccc12.O=Cc1c[nH]c2ncccc12.OC(c1ccc(NCc2ccccc2Cl)nc1F)c1c[nH]c2ncccc12. The molecule has 12 aromatic rings. The molecular formula is C78H91BrCl3F3N12O2Si2. The molecule has 0 aliphatic heterocycles. The first kappa shape index (κ1) is 80.1. The van der Waals surface area contributed by atoms with E-state index in [1.807, 2.05) is 103 Å². The Morgan fingerprint density at radius 1 is 0.436 bits per heavy atom. The average molecular weight is 1530 g/mol. The molecule has 0 saturated heterocycles. The highest BCUT2D eigenvalue weighted by atomic mass is 79.9. The van der Waals surface area contributed by atoms with Crippen LogP contribution in [0.1, 0.15) is 138 Å². The van der Waals surface area contributed by atoms with E-state index >= 15 is 0 Å².